The van der Waals surface area contributed by atoms with Gasteiger partial charge in [-0.3, -0.25) is 0 Å². The number of carboxylic acids is 1. The average Bonchev–Trinajstić information content (AvgIpc) is 2.48. The van der Waals surface area contributed by atoms with Crippen LogP contribution >= 0.6 is 12.4 Å². The molecule has 2 N–H and O–H groups in total. The quantitative estimate of drug-likeness (QED) is 0.897. The fraction of sp³-hybridized carbons (Fsp3) is 0.562. The van der Waals surface area contributed by atoms with E-state index in [9.17, 15) is 4.79 Å². The first-order valence-corrected chi connectivity index (χ1v) is 7.25. The maximum atomic E-state index is 10.2. The summed E-state index contributed by atoms with van der Waals surface area (Å²) < 4.78 is 0. The number of hydrogen-bond acceptors (Lipinski definition) is 3. The molecule has 1 saturated heterocycles. The van der Waals surface area contributed by atoms with Crippen LogP contribution in [0.1, 0.15) is 36.5 Å². The van der Waals surface area contributed by atoms with Gasteiger partial charge in [0.05, 0.1) is 5.56 Å². The molecule has 1 aliphatic rings. The van der Waals surface area contributed by atoms with Gasteiger partial charge >= 0.3 is 5.97 Å². The van der Waals surface area contributed by atoms with Gasteiger partial charge in [0.1, 0.15) is 0 Å². The van der Waals surface area contributed by atoms with Crippen LogP contribution in [0.4, 0.5) is 0 Å². The Morgan fingerprint density at radius 3 is 2.24 bits per heavy atom. The zero-order valence-corrected chi connectivity index (χ0v) is 13.4. The number of benzene rings is 1. The molecule has 0 bridgehead atoms. The SMILES string of the molecule is CC1CCN(CCCO)CC1.Cl.O=C(O)c1ccccc1. The lowest BCUT2D eigenvalue weighted by Gasteiger charge is -2.29. The Hall–Kier alpha value is -1.10. The van der Waals surface area contributed by atoms with Crippen LogP contribution in [0, 0.1) is 5.92 Å². The summed E-state index contributed by atoms with van der Waals surface area (Å²) in [7, 11) is 0. The van der Waals surface area contributed by atoms with Crippen molar-refractivity contribution in [3.63, 3.8) is 0 Å². The third-order valence-electron chi connectivity index (χ3n) is 3.53. The first kappa shape index (κ1) is 19.9. The van der Waals surface area contributed by atoms with E-state index < -0.39 is 5.97 Å². The zero-order valence-electron chi connectivity index (χ0n) is 12.6. The number of aromatic carboxylic acids is 1. The Kier molecular flexibility index (Phi) is 10.9. The van der Waals surface area contributed by atoms with Gasteiger partial charge in [-0.25, -0.2) is 4.79 Å². The Bertz CT molecular complexity index is 376. The largest absolute Gasteiger partial charge is 0.478 e. The molecule has 0 amide bonds. The van der Waals surface area contributed by atoms with E-state index in [-0.39, 0.29) is 12.4 Å². The van der Waals surface area contributed by atoms with Crippen molar-refractivity contribution in [2.24, 2.45) is 5.92 Å². The third-order valence-corrected chi connectivity index (χ3v) is 3.53. The fourth-order valence-corrected chi connectivity index (χ4v) is 2.16. The highest BCUT2D eigenvalue weighted by Gasteiger charge is 2.14. The molecule has 1 aromatic carbocycles. The summed E-state index contributed by atoms with van der Waals surface area (Å²) in [6.45, 7) is 6.22. The number of carbonyl (C=O) groups is 1. The minimum Gasteiger partial charge on any atom is -0.478 e. The topological polar surface area (TPSA) is 60.8 Å². The third kappa shape index (κ3) is 8.71. The second-order valence-electron chi connectivity index (χ2n) is 5.27. The summed E-state index contributed by atoms with van der Waals surface area (Å²) in [6, 6.07) is 8.30. The number of carboxylic acid groups (broad SMARTS) is 1. The predicted molar refractivity (Wildman–Crippen MR) is 87.2 cm³/mol. The molecule has 4 nitrogen and oxygen atoms in total. The molecule has 0 atom stereocenters. The first-order chi connectivity index (χ1) is 9.63. The van der Waals surface area contributed by atoms with E-state index in [0.29, 0.717) is 12.2 Å². The van der Waals surface area contributed by atoms with Gasteiger partial charge in [0.15, 0.2) is 0 Å². The summed E-state index contributed by atoms with van der Waals surface area (Å²) in [6.07, 6.45) is 3.62. The van der Waals surface area contributed by atoms with Crippen molar-refractivity contribution in [3.05, 3.63) is 35.9 Å². The average molecular weight is 316 g/mol. The summed E-state index contributed by atoms with van der Waals surface area (Å²) in [5, 5.41) is 17.0. The lowest BCUT2D eigenvalue weighted by molar-refractivity contribution is 0.0697. The predicted octanol–water partition coefficient (Wildman–Crippen LogP) is 2.91. The van der Waals surface area contributed by atoms with Gasteiger partial charge < -0.3 is 15.1 Å². The van der Waals surface area contributed by atoms with Crippen molar-refractivity contribution in [2.75, 3.05) is 26.2 Å². The number of likely N-dealkylation sites (tertiary alicyclic amines) is 1. The van der Waals surface area contributed by atoms with Crippen LogP contribution < -0.4 is 0 Å². The summed E-state index contributed by atoms with van der Waals surface area (Å²) in [4.78, 5) is 12.7. The Morgan fingerprint density at radius 1 is 1.24 bits per heavy atom. The highest BCUT2D eigenvalue weighted by Crippen LogP contribution is 2.15. The molecule has 1 heterocycles. The van der Waals surface area contributed by atoms with Gasteiger partial charge in [-0.2, -0.15) is 0 Å². The highest BCUT2D eigenvalue weighted by molar-refractivity contribution is 5.87. The van der Waals surface area contributed by atoms with Crippen LogP contribution in [0.3, 0.4) is 0 Å². The van der Waals surface area contributed by atoms with Gasteiger partial charge in [-0.1, -0.05) is 25.1 Å². The minimum atomic E-state index is -0.879. The molecule has 5 heteroatoms. The fourth-order valence-electron chi connectivity index (χ4n) is 2.16. The number of rotatable bonds is 4. The maximum absolute atomic E-state index is 10.2. The molecule has 1 fully saturated rings. The standard InChI is InChI=1S/C9H19NO.C7H6O2.ClH/c1-9-3-6-10(7-4-9)5-2-8-11;8-7(9)6-4-2-1-3-5-6;/h9,11H,2-8H2,1H3;1-5H,(H,8,9);1H. The van der Waals surface area contributed by atoms with E-state index in [1.54, 1.807) is 30.3 Å². The summed E-state index contributed by atoms with van der Waals surface area (Å²) >= 11 is 0. The van der Waals surface area contributed by atoms with E-state index >= 15 is 0 Å². The van der Waals surface area contributed by atoms with Gasteiger partial charge in [-0.15, -0.1) is 12.4 Å². The van der Waals surface area contributed by atoms with Crippen molar-refractivity contribution in [1.29, 1.82) is 0 Å². The number of piperidine rings is 1. The van der Waals surface area contributed by atoms with E-state index in [4.69, 9.17) is 10.2 Å². The van der Waals surface area contributed by atoms with Crippen LogP contribution in [0.25, 0.3) is 0 Å². The molecule has 1 aliphatic heterocycles. The van der Waals surface area contributed by atoms with Crippen LogP contribution in [-0.4, -0.2) is 47.3 Å². The summed E-state index contributed by atoms with van der Waals surface area (Å²) in [5.74, 6) is 0.0379. The highest BCUT2D eigenvalue weighted by atomic mass is 35.5. The Balaban J connectivity index is 0.000000370. The van der Waals surface area contributed by atoms with Crippen molar-refractivity contribution in [3.8, 4) is 0 Å². The second kappa shape index (κ2) is 11.5. The minimum absolute atomic E-state index is 0. The van der Waals surface area contributed by atoms with Crippen molar-refractivity contribution >= 4 is 18.4 Å². The molecular formula is C16H26ClNO3. The van der Waals surface area contributed by atoms with Crippen LogP contribution in [0.5, 0.6) is 0 Å². The van der Waals surface area contributed by atoms with Gasteiger partial charge in [0, 0.05) is 13.2 Å². The molecule has 0 saturated carbocycles. The van der Waals surface area contributed by atoms with E-state index in [2.05, 4.69) is 11.8 Å². The first-order valence-electron chi connectivity index (χ1n) is 7.25. The number of aliphatic hydroxyl groups is 1. The molecule has 0 aliphatic carbocycles. The van der Waals surface area contributed by atoms with Crippen LogP contribution in [-0.2, 0) is 0 Å². The Morgan fingerprint density at radius 2 is 1.81 bits per heavy atom. The van der Waals surface area contributed by atoms with Crippen molar-refractivity contribution in [1.82, 2.24) is 4.90 Å². The molecule has 120 valence electrons. The molecule has 2 rings (SSSR count). The van der Waals surface area contributed by atoms with Crippen LogP contribution in [0.15, 0.2) is 30.3 Å². The molecule has 0 unspecified atom stereocenters. The van der Waals surface area contributed by atoms with E-state index in [1.165, 1.54) is 25.9 Å². The van der Waals surface area contributed by atoms with Gasteiger partial charge in [0.25, 0.3) is 0 Å². The number of halogens is 1. The lowest BCUT2D eigenvalue weighted by Crippen LogP contribution is -2.33. The molecule has 21 heavy (non-hydrogen) atoms. The maximum Gasteiger partial charge on any atom is 0.335 e. The normalized spacial score (nSPS) is 15.5. The monoisotopic (exact) mass is 315 g/mol. The number of aliphatic hydroxyl groups excluding tert-OH is 1. The van der Waals surface area contributed by atoms with Crippen molar-refractivity contribution < 1.29 is 15.0 Å². The lowest BCUT2D eigenvalue weighted by atomic mass is 9.99. The van der Waals surface area contributed by atoms with Gasteiger partial charge in [0.2, 0.25) is 0 Å². The number of nitrogens with zero attached hydrogens (tertiary/aromatic N) is 1. The van der Waals surface area contributed by atoms with Crippen molar-refractivity contribution in [2.45, 2.75) is 26.2 Å². The van der Waals surface area contributed by atoms with Gasteiger partial charge in [-0.05, 0) is 50.4 Å². The molecule has 1 aromatic rings. The van der Waals surface area contributed by atoms with Crippen LogP contribution in [0.2, 0.25) is 0 Å². The van der Waals surface area contributed by atoms with E-state index in [1.807, 2.05) is 0 Å². The Labute approximate surface area is 133 Å². The van der Waals surface area contributed by atoms with E-state index in [0.717, 1.165) is 18.9 Å². The molecule has 0 radical (unpaired) electrons. The smallest absolute Gasteiger partial charge is 0.335 e. The molecule has 0 aromatic heterocycles. The molecular weight excluding hydrogens is 290 g/mol. The molecule has 0 spiro atoms. The zero-order chi connectivity index (χ0) is 14.8. The number of hydrogen-bond donors (Lipinski definition) is 2. The second-order valence-corrected chi connectivity index (χ2v) is 5.27. The summed E-state index contributed by atoms with van der Waals surface area (Å²) in [5.41, 5.74) is 0.331.